The van der Waals surface area contributed by atoms with Gasteiger partial charge in [-0.05, 0) is 54.2 Å². The van der Waals surface area contributed by atoms with E-state index in [1.54, 1.807) is 0 Å². The van der Waals surface area contributed by atoms with Crippen LogP contribution in [-0.2, 0) is 17.6 Å². The van der Waals surface area contributed by atoms with E-state index in [4.69, 9.17) is 4.98 Å². The molecule has 30 heavy (non-hydrogen) atoms. The number of para-hydroxylation sites is 2. The van der Waals surface area contributed by atoms with Gasteiger partial charge in [0.2, 0.25) is 5.91 Å². The first-order valence-corrected chi connectivity index (χ1v) is 10.4. The van der Waals surface area contributed by atoms with Gasteiger partial charge in [0.1, 0.15) is 0 Å². The average Bonchev–Trinajstić information content (AvgIpc) is 2.76. The standard InChI is InChI=1S/C27H26N2O/c1-4-20-14-10-11-18(2)27(20)29-25(30)17-23-19(3)28-24-16-9-8-15-22(24)26(23)21-12-6-5-7-13-21/h5-16H,4,17H2,1-3H3,(H,29,30). The van der Waals surface area contributed by atoms with Gasteiger partial charge in [-0.25, -0.2) is 0 Å². The largest absolute Gasteiger partial charge is 0.325 e. The molecule has 0 aliphatic rings. The number of anilines is 1. The molecule has 4 aromatic rings. The minimum atomic E-state index is -0.0173. The number of rotatable bonds is 5. The summed E-state index contributed by atoms with van der Waals surface area (Å²) in [6.07, 6.45) is 1.16. The fourth-order valence-corrected chi connectivity index (χ4v) is 4.07. The molecule has 3 aromatic carbocycles. The second kappa shape index (κ2) is 8.50. The Labute approximate surface area is 177 Å². The summed E-state index contributed by atoms with van der Waals surface area (Å²) >= 11 is 0. The minimum absolute atomic E-state index is 0.0173. The van der Waals surface area contributed by atoms with Crippen molar-refractivity contribution >= 4 is 22.5 Å². The highest BCUT2D eigenvalue weighted by Crippen LogP contribution is 2.33. The number of pyridine rings is 1. The van der Waals surface area contributed by atoms with Gasteiger partial charge in [-0.1, -0.05) is 73.7 Å². The highest BCUT2D eigenvalue weighted by molar-refractivity contribution is 6.00. The Morgan fingerprint density at radius 2 is 1.63 bits per heavy atom. The molecule has 1 aromatic heterocycles. The van der Waals surface area contributed by atoms with E-state index in [0.717, 1.165) is 56.5 Å². The molecule has 0 aliphatic carbocycles. The van der Waals surface area contributed by atoms with Gasteiger partial charge in [-0.15, -0.1) is 0 Å². The summed E-state index contributed by atoms with van der Waals surface area (Å²) in [5.41, 5.74) is 8.18. The van der Waals surface area contributed by atoms with Crippen molar-refractivity contribution in [3.8, 4) is 11.1 Å². The summed E-state index contributed by atoms with van der Waals surface area (Å²) in [7, 11) is 0. The van der Waals surface area contributed by atoms with Gasteiger partial charge in [-0.2, -0.15) is 0 Å². The molecule has 4 rings (SSSR count). The molecular formula is C27H26N2O. The molecule has 0 aliphatic heterocycles. The molecule has 150 valence electrons. The lowest BCUT2D eigenvalue weighted by Crippen LogP contribution is -2.18. The van der Waals surface area contributed by atoms with Crippen molar-refractivity contribution in [2.24, 2.45) is 0 Å². The zero-order valence-corrected chi connectivity index (χ0v) is 17.7. The first-order chi connectivity index (χ1) is 14.6. The van der Waals surface area contributed by atoms with Crippen molar-refractivity contribution in [3.63, 3.8) is 0 Å². The lowest BCUT2D eigenvalue weighted by atomic mass is 9.92. The van der Waals surface area contributed by atoms with Crippen LogP contribution in [0.2, 0.25) is 0 Å². The number of benzene rings is 3. The molecule has 3 nitrogen and oxygen atoms in total. The maximum absolute atomic E-state index is 13.1. The summed E-state index contributed by atoms with van der Waals surface area (Å²) in [6, 6.07) is 24.5. The molecular weight excluding hydrogens is 368 g/mol. The SMILES string of the molecule is CCc1cccc(C)c1NC(=O)Cc1c(C)nc2ccccc2c1-c1ccccc1. The van der Waals surface area contributed by atoms with E-state index in [1.807, 2.05) is 62.4 Å². The predicted molar refractivity (Wildman–Crippen MR) is 125 cm³/mol. The van der Waals surface area contributed by atoms with E-state index >= 15 is 0 Å². The molecule has 0 saturated heterocycles. The van der Waals surface area contributed by atoms with E-state index in [-0.39, 0.29) is 12.3 Å². The van der Waals surface area contributed by atoms with E-state index in [9.17, 15) is 4.79 Å². The monoisotopic (exact) mass is 394 g/mol. The number of nitrogens with zero attached hydrogens (tertiary/aromatic N) is 1. The molecule has 0 spiro atoms. The van der Waals surface area contributed by atoms with Crippen LogP contribution >= 0.6 is 0 Å². The van der Waals surface area contributed by atoms with Crippen LogP contribution in [0.25, 0.3) is 22.0 Å². The minimum Gasteiger partial charge on any atom is -0.325 e. The quantitative estimate of drug-likeness (QED) is 0.434. The average molecular weight is 395 g/mol. The Morgan fingerprint density at radius 3 is 2.40 bits per heavy atom. The smallest absolute Gasteiger partial charge is 0.228 e. The third-order valence-corrected chi connectivity index (χ3v) is 5.60. The lowest BCUT2D eigenvalue weighted by Gasteiger charge is -2.17. The van der Waals surface area contributed by atoms with Crippen molar-refractivity contribution in [1.82, 2.24) is 4.98 Å². The van der Waals surface area contributed by atoms with Crippen molar-refractivity contribution < 1.29 is 4.79 Å². The van der Waals surface area contributed by atoms with Gasteiger partial charge in [0.05, 0.1) is 11.9 Å². The first-order valence-electron chi connectivity index (χ1n) is 10.4. The highest BCUT2D eigenvalue weighted by Gasteiger charge is 2.18. The van der Waals surface area contributed by atoms with Crippen LogP contribution in [0.15, 0.2) is 72.8 Å². The molecule has 3 heteroatoms. The van der Waals surface area contributed by atoms with Crippen molar-refractivity contribution in [3.05, 3.63) is 95.2 Å². The second-order valence-corrected chi connectivity index (χ2v) is 7.62. The highest BCUT2D eigenvalue weighted by atomic mass is 16.1. The van der Waals surface area contributed by atoms with Crippen LogP contribution in [0, 0.1) is 13.8 Å². The Balaban J connectivity index is 1.78. The van der Waals surface area contributed by atoms with Gasteiger partial charge < -0.3 is 5.32 Å². The molecule has 0 bridgehead atoms. The number of carbonyl (C=O) groups is 1. The summed E-state index contributed by atoms with van der Waals surface area (Å²) in [5, 5.41) is 4.24. The molecule has 0 saturated carbocycles. The predicted octanol–water partition coefficient (Wildman–Crippen LogP) is 6.26. The Hall–Kier alpha value is -3.46. The number of fused-ring (bicyclic) bond motifs is 1. The maximum atomic E-state index is 13.1. The topological polar surface area (TPSA) is 42.0 Å². The van der Waals surface area contributed by atoms with Crippen molar-refractivity contribution in [1.29, 1.82) is 0 Å². The zero-order chi connectivity index (χ0) is 21.1. The lowest BCUT2D eigenvalue weighted by molar-refractivity contribution is -0.115. The first kappa shape index (κ1) is 19.8. The van der Waals surface area contributed by atoms with Gasteiger partial charge in [0, 0.05) is 16.8 Å². The van der Waals surface area contributed by atoms with Crippen LogP contribution in [-0.4, -0.2) is 10.9 Å². The zero-order valence-electron chi connectivity index (χ0n) is 17.7. The van der Waals surface area contributed by atoms with Crippen molar-refractivity contribution in [2.75, 3.05) is 5.32 Å². The molecule has 0 atom stereocenters. The van der Waals surface area contributed by atoms with Gasteiger partial charge in [-0.3, -0.25) is 9.78 Å². The van der Waals surface area contributed by atoms with Crippen LogP contribution in [0.1, 0.15) is 29.3 Å². The van der Waals surface area contributed by atoms with Crippen LogP contribution in [0.3, 0.4) is 0 Å². The van der Waals surface area contributed by atoms with Crippen LogP contribution < -0.4 is 5.32 Å². The maximum Gasteiger partial charge on any atom is 0.228 e. The number of aryl methyl sites for hydroxylation is 3. The molecule has 1 N–H and O–H groups in total. The van der Waals surface area contributed by atoms with Crippen LogP contribution in [0.5, 0.6) is 0 Å². The number of hydrogen-bond acceptors (Lipinski definition) is 2. The number of aromatic nitrogens is 1. The molecule has 0 radical (unpaired) electrons. The third-order valence-electron chi connectivity index (χ3n) is 5.60. The van der Waals surface area contributed by atoms with E-state index in [2.05, 4.69) is 36.5 Å². The Kier molecular flexibility index (Phi) is 5.62. The number of amides is 1. The van der Waals surface area contributed by atoms with E-state index in [1.165, 1.54) is 0 Å². The number of nitrogens with one attached hydrogen (secondary N) is 1. The summed E-state index contributed by atoms with van der Waals surface area (Å²) < 4.78 is 0. The fraction of sp³-hybridized carbons (Fsp3) is 0.185. The normalized spacial score (nSPS) is 10.9. The van der Waals surface area contributed by atoms with Gasteiger partial charge in [0.15, 0.2) is 0 Å². The van der Waals surface area contributed by atoms with Gasteiger partial charge in [0.25, 0.3) is 0 Å². The summed E-state index contributed by atoms with van der Waals surface area (Å²) in [6.45, 7) is 6.13. The van der Waals surface area contributed by atoms with E-state index < -0.39 is 0 Å². The third kappa shape index (κ3) is 3.84. The van der Waals surface area contributed by atoms with E-state index in [0.29, 0.717) is 0 Å². The molecule has 0 fully saturated rings. The Bertz CT molecular complexity index is 1210. The molecule has 1 heterocycles. The summed E-state index contributed by atoms with van der Waals surface area (Å²) in [4.78, 5) is 17.9. The van der Waals surface area contributed by atoms with Gasteiger partial charge >= 0.3 is 0 Å². The molecule has 0 unspecified atom stereocenters. The van der Waals surface area contributed by atoms with Crippen LogP contribution in [0.4, 0.5) is 5.69 Å². The molecule has 1 amide bonds. The Morgan fingerprint density at radius 1 is 0.900 bits per heavy atom. The fourth-order valence-electron chi connectivity index (χ4n) is 4.07. The second-order valence-electron chi connectivity index (χ2n) is 7.62. The number of hydrogen-bond donors (Lipinski definition) is 1. The number of carbonyl (C=O) groups excluding carboxylic acids is 1. The summed E-state index contributed by atoms with van der Waals surface area (Å²) in [5.74, 6) is -0.0173. The van der Waals surface area contributed by atoms with Crippen molar-refractivity contribution in [2.45, 2.75) is 33.6 Å².